The molecule has 0 saturated carbocycles. The quantitative estimate of drug-likeness (QED) is 0.712. The van der Waals surface area contributed by atoms with E-state index >= 15 is 0 Å². The third-order valence-electron chi connectivity index (χ3n) is 3.10. The molecule has 2 saturated heterocycles. The Morgan fingerprint density at radius 3 is 3.00 bits per heavy atom. The summed E-state index contributed by atoms with van der Waals surface area (Å²) in [6.45, 7) is 3.47. The van der Waals surface area contributed by atoms with Gasteiger partial charge in [0.1, 0.15) is 6.10 Å². The van der Waals surface area contributed by atoms with Crippen molar-refractivity contribution >= 4 is 5.91 Å². The summed E-state index contributed by atoms with van der Waals surface area (Å²) in [5.41, 5.74) is 0. The molecule has 0 radical (unpaired) electrons. The van der Waals surface area contributed by atoms with Crippen LogP contribution in [0, 0.1) is 0 Å². The number of morpholine rings is 1. The lowest BCUT2D eigenvalue weighted by Gasteiger charge is -2.33. The minimum atomic E-state index is -0.319. The molecule has 0 aromatic carbocycles. The van der Waals surface area contributed by atoms with Gasteiger partial charge in [-0.15, -0.1) is 0 Å². The summed E-state index contributed by atoms with van der Waals surface area (Å²) in [6.07, 6.45) is 2.10. The summed E-state index contributed by atoms with van der Waals surface area (Å²) in [6, 6.07) is 0. The third-order valence-corrected chi connectivity index (χ3v) is 3.10. The molecule has 2 aliphatic heterocycles. The summed E-state index contributed by atoms with van der Waals surface area (Å²) in [5, 5.41) is 2.98. The second kappa shape index (κ2) is 5.61. The number of amides is 1. The van der Waals surface area contributed by atoms with Gasteiger partial charge >= 0.3 is 0 Å². The molecule has 0 aliphatic carbocycles. The molecule has 0 bridgehead atoms. The summed E-state index contributed by atoms with van der Waals surface area (Å²) in [4.78, 5) is 13.9. The van der Waals surface area contributed by atoms with Crippen LogP contribution in [0.1, 0.15) is 12.8 Å². The summed E-state index contributed by atoms with van der Waals surface area (Å²) in [5.74, 6) is 0.0936. The van der Waals surface area contributed by atoms with E-state index in [2.05, 4.69) is 5.32 Å². The minimum Gasteiger partial charge on any atom is -0.376 e. The molecule has 0 aromatic rings. The first kappa shape index (κ1) is 11.8. The maximum absolute atomic E-state index is 12.0. The summed E-state index contributed by atoms with van der Waals surface area (Å²) < 4.78 is 11.0. The zero-order chi connectivity index (χ0) is 11.4. The maximum atomic E-state index is 12.0. The number of ether oxygens (including phenoxy) is 2. The first-order valence-corrected chi connectivity index (χ1v) is 5.98. The van der Waals surface area contributed by atoms with Crippen molar-refractivity contribution in [2.75, 3.05) is 39.9 Å². The van der Waals surface area contributed by atoms with Crippen LogP contribution >= 0.6 is 0 Å². The molecule has 1 amide bonds. The van der Waals surface area contributed by atoms with Gasteiger partial charge in [0.25, 0.3) is 5.91 Å². The van der Waals surface area contributed by atoms with Crippen molar-refractivity contribution < 1.29 is 14.3 Å². The van der Waals surface area contributed by atoms with Crippen molar-refractivity contribution in [1.29, 1.82) is 0 Å². The fourth-order valence-electron chi connectivity index (χ4n) is 2.24. The molecule has 2 atom stereocenters. The van der Waals surface area contributed by atoms with E-state index in [-0.39, 0.29) is 18.1 Å². The number of rotatable bonds is 4. The van der Waals surface area contributed by atoms with Crippen molar-refractivity contribution in [2.24, 2.45) is 0 Å². The van der Waals surface area contributed by atoms with Crippen molar-refractivity contribution in [1.82, 2.24) is 10.2 Å². The predicted molar refractivity (Wildman–Crippen MR) is 59.2 cm³/mol. The maximum Gasteiger partial charge on any atom is 0.253 e. The van der Waals surface area contributed by atoms with Gasteiger partial charge in [0, 0.05) is 26.2 Å². The number of nitrogens with zero attached hydrogens (tertiary/aromatic N) is 1. The molecular formula is C11H20N2O3. The first-order chi connectivity index (χ1) is 7.81. The van der Waals surface area contributed by atoms with E-state index in [1.54, 1.807) is 0 Å². The molecule has 0 aromatic heterocycles. The second-order valence-corrected chi connectivity index (χ2v) is 4.34. The van der Waals surface area contributed by atoms with Gasteiger partial charge < -0.3 is 19.7 Å². The van der Waals surface area contributed by atoms with Crippen LogP contribution in [-0.2, 0) is 14.3 Å². The Labute approximate surface area is 96.1 Å². The fourth-order valence-corrected chi connectivity index (χ4v) is 2.24. The van der Waals surface area contributed by atoms with Crippen LogP contribution in [0.15, 0.2) is 0 Å². The monoisotopic (exact) mass is 228 g/mol. The molecule has 2 unspecified atom stereocenters. The normalized spacial score (nSPS) is 31.1. The SMILES string of the molecule is CNCC1OCCN(CC2CCCO2)C1=O. The van der Waals surface area contributed by atoms with Crippen LogP contribution < -0.4 is 5.32 Å². The number of carbonyl (C=O) groups is 1. The fraction of sp³-hybridized carbons (Fsp3) is 0.909. The lowest BCUT2D eigenvalue weighted by Crippen LogP contribution is -2.52. The molecule has 16 heavy (non-hydrogen) atoms. The average molecular weight is 228 g/mol. The van der Waals surface area contributed by atoms with E-state index in [4.69, 9.17) is 9.47 Å². The Kier molecular flexibility index (Phi) is 4.15. The molecule has 5 heteroatoms. The van der Waals surface area contributed by atoms with E-state index in [0.717, 1.165) is 26.0 Å². The lowest BCUT2D eigenvalue weighted by molar-refractivity contribution is -0.154. The number of carbonyl (C=O) groups excluding carboxylic acids is 1. The molecule has 2 aliphatic rings. The zero-order valence-corrected chi connectivity index (χ0v) is 9.78. The number of hydrogen-bond donors (Lipinski definition) is 1. The van der Waals surface area contributed by atoms with Gasteiger partial charge in [-0.3, -0.25) is 4.79 Å². The van der Waals surface area contributed by atoms with Gasteiger partial charge in [0.15, 0.2) is 0 Å². The Bertz CT molecular complexity index is 239. The Hall–Kier alpha value is -0.650. The molecule has 2 rings (SSSR count). The lowest BCUT2D eigenvalue weighted by atomic mass is 10.2. The molecule has 2 heterocycles. The van der Waals surface area contributed by atoms with Gasteiger partial charge in [-0.25, -0.2) is 0 Å². The highest BCUT2D eigenvalue weighted by molar-refractivity contribution is 5.81. The van der Waals surface area contributed by atoms with Gasteiger partial charge in [0.2, 0.25) is 0 Å². The van der Waals surface area contributed by atoms with Gasteiger partial charge in [-0.1, -0.05) is 0 Å². The molecule has 5 nitrogen and oxygen atoms in total. The topological polar surface area (TPSA) is 50.8 Å². The standard InChI is InChI=1S/C11H20N2O3/c1-12-7-10-11(14)13(4-6-16-10)8-9-3-2-5-15-9/h9-10,12H,2-8H2,1H3. The summed E-state index contributed by atoms with van der Waals surface area (Å²) in [7, 11) is 1.83. The molecule has 92 valence electrons. The van der Waals surface area contributed by atoms with Crippen LogP contribution in [0.2, 0.25) is 0 Å². The van der Waals surface area contributed by atoms with E-state index in [1.807, 2.05) is 11.9 Å². The Morgan fingerprint density at radius 1 is 1.44 bits per heavy atom. The first-order valence-electron chi connectivity index (χ1n) is 5.98. The smallest absolute Gasteiger partial charge is 0.253 e. The highest BCUT2D eigenvalue weighted by Gasteiger charge is 2.31. The Morgan fingerprint density at radius 2 is 2.31 bits per heavy atom. The van der Waals surface area contributed by atoms with E-state index in [1.165, 1.54) is 0 Å². The minimum absolute atomic E-state index is 0.0936. The highest BCUT2D eigenvalue weighted by atomic mass is 16.5. The number of hydrogen-bond acceptors (Lipinski definition) is 4. The van der Waals surface area contributed by atoms with Gasteiger partial charge in [-0.2, -0.15) is 0 Å². The van der Waals surface area contributed by atoms with E-state index in [0.29, 0.717) is 19.7 Å². The number of nitrogens with one attached hydrogen (secondary N) is 1. The van der Waals surface area contributed by atoms with E-state index < -0.39 is 0 Å². The van der Waals surface area contributed by atoms with Crippen LogP contribution in [0.5, 0.6) is 0 Å². The van der Waals surface area contributed by atoms with Gasteiger partial charge in [-0.05, 0) is 19.9 Å². The van der Waals surface area contributed by atoms with Crippen LogP contribution in [-0.4, -0.2) is 62.9 Å². The largest absolute Gasteiger partial charge is 0.376 e. The van der Waals surface area contributed by atoms with E-state index in [9.17, 15) is 4.79 Å². The van der Waals surface area contributed by atoms with Crippen molar-refractivity contribution in [3.05, 3.63) is 0 Å². The highest BCUT2D eigenvalue weighted by Crippen LogP contribution is 2.15. The second-order valence-electron chi connectivity index (χ2n) is 4.34. The van der Waals surface area contributed by atoms with Crippen LogP contribution in [0.25, 0.3) is 0 Å². The van der Waals surface area contributed by atoms with Crippen molar-refractivity contribution in [3.63, 3.8) is 0 Å². The zero-order valence-electron chi connectivity index (χ0n) is 9.78. The number of likely N-dealkylation sites (N-methyl/N-ethyl adjacent to an activating group) is 1. The molecule has 0 spiro atoms. The molecular weight excluding hydrogens is 208 g/mol. The summed E-state index contributed by atoms with van der Waals surface area (Å²) >= 11 is 0. The van der Waals surface area contributed by atoms with Crippen LogP contribution in [0.3, 0.4) is 0 Å². The molecule has 1 N–H and O–H groups in total. The third kappa shape index (κ3) is 2.72. The van der Waals surface area contributed by atoms with Crippen molar-refractivity contribution in [3.8, 4) is 0 Å². The van der Waals surface area contributed by atoms with Crippen molar-refractivity contribution in [2.45, 2.75) is 25.0 Å². The van der Waals surface area contributed by atoms with Gasteiger partial charge in [0.05, 0.1) is 12.7 Å². The molecule has 2 fully saturated rings. The van der Waals surface area contributed by atoms with Crippen LogP contribution in [0.4, 0.5) is 0 Å². The Balaban J connectivity index is 1.85. The predicted octanol–water partition coefficient (Wildman–Crippen LogP) is -0.388. The average Bonchev–Trinajstić information content (AvgIpc) is 2.77.